The number of fused-ring (bicyclic) bond motifs is 1. The topological polar surface area (TPSA) is 56.1 Å². The van der Waals surface area contributed by atoms with Crippen molar-refractivity contribution in [3.8, 4) is 0 Å². The van der Waals surface area contributed by atoms with E-state index in [9.17, 15) is 14.3 Å². The van der Waals surface area contributed by atoms with Crippen LogP contribution >= 0.6 is 11.3 Å². The maximum absolute atomic E-state index is 13.3. The van der Waals surface area contributed by atoms with Crippen LogP contribution in [0.3, 0.4) is 0 Å². The van der Waals surface area contributed by atoms with Crippen LogP contribution in [0.25, 0.3) is 10.1 Å². The van der Waals surface area contributed by atoms with Gasteiger partial charge in [-0.25, -0.2) is 9.18 Å². The average molecular weight is 379 g/mol. The standard InChI is InChI=1S/C17H18FN3O2S2/c18-14-3-5-20(9-14)17(23)19-25-11-12(10-22)8-21(25)15-1-2-16-13(7-15)4-6-24-16/h1-2,4,6-7,11,14,22H,3,5,8-10H2/t14-,25?/m1/s1. The second-order valence-corrected chi connectivity index (χ2v) is 8.50. The van der Waals surface area contributed by atoms with E-state index in [4.69, 9.17) is 0 Å². The second kappa shape index (κ2) is 6.86. The molecule has 2 aliphatic heterocycles. The third-order valence-corrected chi connectivity index (χ3v) is 6.92. The summed E-state index contributed by atoms with van der Waals surface area (Å²) in [7, 11) is -0.788. The van der Waals surface area contributed by atoms with Gasteiger partial charge in [0.15, 0.2) is 0 Å². The number of aliphatic hydroxyl groups is 1. The van der Waals surface area contributed by atoms with Crippen LogP contribution in [0.1, 0.15) is 6.42 Å². The number of alkyl halides is 1. The minimum atomic E-state index is -0.952. The van der Waals surface area contributed by atoms with Crippen molar-refractivity contribution in [3.05, 3.63) is 40.6 Å². The van der Waals surface area contributed by atoms with E-state index in [0.29, 0.717) is 19.5 Å². The fourth-order valence-electron chi connectivity index (χ4n) is 3.00. The summed E-state index contributed by atoms with van der Waals surface area (Å²) in [6.07, 6.45) is -0.572. The van der Waals surface area contributed by atoms with Gasteiger partial charge in [0.05, 0.1) is 19.7 Å². The van der Waals surface area contributed by atoms with Crippen LogP contribution in [-0.4, -0.2) is 48.5 Å². The predicted octanol–water partition coefficient (Wildman–Crippen LogP) is 3.48. The average Bonchev–Trinajstić information content (AvgIpc) is 3.32. The molecule has 25 heavy (non-hydrogen) atoms. The molecule has 0 saturated carbocycles. The van der Waals surface area contributed by atoms with Crippen molar-refractivity contribution in [2.75, 3.05) is 30.5 Å². The molecule has 0 bridgehead atoms. The van der Waals surface area contributed by atoms with Crippen LogP contribution < -0.4 is 4.31 Å². The number of benzene rings is 1. The van der Waals surface area contributed by atoms with Gasteiger partial charge >= 0.3 is 6.03 Å². The summed E-state index contributed by atoms with van der Waals surface area (Å²) in [4.78, 5) is 13.8. The molecule has 2 atom stereocenters. The Morgan fingerprint density at radius 2 is 2.32 bits per heavy atom. The fraction of sp³-hybridized carbons (Fsp3) is 0.353. The monoisotopic (exact) mass is 379 g/mol. The summed E-state index contributed by atoms with van der Waals surface area (Å²) in [6, 6.07) is 7.84. The van der Waals surface area contributed by atoms with Crippen LogP contribution in [0.4, 0.5) is 14.9 Å². The van der Waals surface area contributed by atoms with E-state index in [0.717, 1.165) is 16.6 Å². The number of carbonyl (C=O) groups excluding carboxylic acids is 1. The van der Waals surface area contributed by atoms with Gasteiger partial charge in [0, 0.05) is 33.2 Å². The summed E-state index contributed by atoms with van der Waals surface area (Å²) < 4.78 is 20.9. The van der Waals surface area contributed by atoms with Crippen LogP contribution in [0.2, 0.25) is 0 Å². The van der Waals surface area contributed by atoms with Gasteiger partial charge in [-0.05, 0) is 47.0 Å². The molecular formula is C17H18FN3O2S2. The normalized spacial score (nSPS) is 23.7. The number of halogens is 1. The number of urea groups is 1. The number of anilines is 1. The van der Waals surface area contributed by atoms with E-state index in [-0.39, 0.29) is 19.2 Å². The third-order valence-electron chi connectivity index (χ3n) is 4.34. The molecule has 1 aromatic heterocycles. The zero-order valence-corrected chi connectivity index (χ0v) is 15.1. The Bertz CT molecular complexity index is 880. The first kappa shape index (κ1) is 16.7. The number of rotatable bonds is 2. The molecule has 4 rings (SSSR count). The van der Waals surface area contributed by atoms with Gasteiger partial charge < -0.3 is 14.3 Å². The van der Waals surface area contributed by atoms with Gasteiger partial charge in [-0.1, -0.05) is 0 Å². The lowest BCUT2D eigenvalue weighted by Gasteiger charge is -2.21. The summed E-state index contributed by atoms with van der Waals surface area (Å²) in [5.74, 6) is 0. The number of nitrogens with zero attached hydrogens (tertiary/aromatic N) is 3. The number of carbonyl (C=O) groups is 1. The highest BCUT2D eigenvalue weighted by Crippen LogP contribution is 2.30. The number of thiophene rings is 1. The minimum Gasteiger partial charge on any atom is -0.392 e. The fourth-order valence-corrected chi connectivity index (χ4v) is 5.40. The summed E-state index contributed by atoms with van der Waals surface area (Å²) in [6.45, 7) is 1.02. The van der Waals surface area contributed by atoms with Crippen molar-refractivity contribution in [1.82, 2.24) is 4.90 Å². The van der Waals surface area contributed by atoms with Crippen molar-refractivity contribution < 1.29 is 14.3 Å². The molecule has 0 radical (unpaired) electrons. The Balaban J connectivity index is 1.64. The SMILES string of the molecule is O=C(N=S1C=C(CO)CN1c1ccc2sccc2c1)N1CC[C@@H](F)C1. The number of amides is 2. The van der Waals surface area contributed by atoms with Crippen molar-refractivity contribution in [2.45, 2.75) is 12.6 Å². The summed E-state index contributed by atoms with van der Waals surface area (Å²) >= 11 is 1.68. The molecule has 1 unspecified atom stereocenters. The predicted molar refractivity (Wildman–Crippen MR) is 101 cm³/mol. The molecule has 1 saturated heterocycles. The van der Waals surface area contributed by atoms with E-state index in [2.05, 4.69) is 22.6 Å². The number of hydrogen-bond donors (Lipinski definition) is 1. The molecule has 2 aromatic rings. The summed E-state index contributed by atoms with van der Waals surface area (Å²) in [5.41, 5.74) is 1.81. The van der Waals surface area contributed by atoms with Gasteiger partial charge in [0.2, 0.25) is 0 Å². The van der Waals surface area contributed by atoms with E-state index in [1.165, 1.54) is 9.60 Å². The molecule has 1 aromatic carbocycles. The lowest BCUT2D eigenvalue weighted by molar-refractivity contribution is 0.215. The molecule has 8 heteroatoms. The number of hydrogen-bond acceptors (Lipinski definition) is 3. The first-order chi connectivity index (χ1) is 12.1. The van der Waals surface area contributed by atoms with Crippen molar-refractivity contribution in [3.63, 3.8) is 0 Å². The molecule has 2 aliphatic rings. The highest BCUT2D eigenvalue weighted by Gasteiger charge is 2.27. The highest BCUT2D eigenvalue weighted by atomic mass is 32.2. The first-order valence-corrected chi connectivity index (χ1v) is 10.2. The first-order valence-electron chi connectivity index (χ1n) is 8.07. The van der Waals surface area contributed by atoms with Gasteiger partial charge in [-0.15, -0.1) is 15.7 Å². The smallest absolute Gasteiger partial charge is 0.351 e. The molecule has 5 nitrogen and oxygen atoms in total. The van der Waals surface area contributed by atoms with Crippen LogP contribution in [0, 0.1) is 0 Å². The Morgan fingerprint density at radius 3 is 3.08 bits per heavy atom. The van der Waals surface area contributed by atoms with E-state index >= 15 is 0 Å². The van der Waals surface area contributed by atoms with E-state index in [1.54, 1.807) is 11.3 Å². The van der Waals surface area contributed by atoms with Crippen LogP contribution in [0.5, 0.6) is 0 Å². The molecule has 0 spiro atoms. The number of aliphatic hydroxyl groups excluding tert-OH is 1. The quantitative estimate of drug-likeness (QED) is 0.869. The van der Waals surface area contributed by atoms with Gasteiger partial charge in [-0.2, -0.15) is 0 Å². The van der Waals surface area contributed by atoms with Crippen molar-refractivity contribution in [2.24, 2.45) is 4.36 Å². The molecule has 132 valence electrons. The molecule has 0 aliphatic carbocycles. The number of likely N-dealkylation sites (tertiary alicyclic amines) is 1. The Hall–Kier alpha value is -1.77. The Labute approximate surface area is 151 Å². The molecule has 1 N–H and O–H groups in total. The highest BCUT2D eigenvalue weighted by molar-refractivity contribution is 7.92. The zero-order valence-electron chi connectivity index (χ0n) is 13.5. The molecule has 1 fully saturated rings. The van der Waals surface area contributed by atoms with Crippen molar-refractivity contribution >= 4 is 44.0 Å². The minimum absolute atomic E-state index is 0.0549. The maximum atomic E-state index is 13.3. The van der Waals surface area contributed by atoms with Crippen LogP contribution in [-0.2, 0) is 10.9 Å². The lowest BCUT2D eigenvalue weighted by atomic mass is 10.2. The third kappa shape index (κ3) is 3.33. The molecule has 3 heterocycles. The van der Waals surface area contributed by atoms with E-state index < -0.39 is 17.0 Å². The Kier molecular flexibility index (Phi) is 4.58. The van der Waals surface area contributed by atoms with Gasteiger partial charge in [-0.3, -0.25) is 0 Å². The Morgan fingerprint density at radius 1 is 1.44 bits per heavy atom. The second-order valence-electron chi connectivity index (χ2n) is 6.11. The van der Waals surface area contributed by atoms with Gasteiger partial charge in [0.25, 0.3) is 0 Å². The van der Waals surface area contributed by atoms with E-state index in [1.807, 2.05) is 21.2 Å². The molecule has 2 amide bonds. The molecular weight excluding hydrogens is 361 g/mol. The maximum Gasteiger partial charge on any atom is 0.351 e. The zero-order chi connectivity index (χ0) is 17.4. The summed E-state index contributed by atoms with van der Waals surface area (Å²) in [5, 5.41) is 14.5. The van der Waals surface area contributed by atoms with Crippen molar-refractivity contribution in [1.29, 1.82) is 0 Å². The lowest BCUT2D eigenvalue weighted by Crippen LogP contribution is -2.28. The largest absolute Gasteiger partial charge is 0.392 e. The van der Waals surface area contributed by atoms with Crippen LogP contribution in [0.15, 0.2) is 45.0 Å². The van der Waals surface area contributed by atoms with Gasteiger partial charge in [0.1, 0.15) is 6.17 Å².